The average Bonchev–Trinajstić information content (AvgIpc) is 3.42. The smallest absolute Gasteiger partial charge is 0.288 e. The van der Waals surface area contributed by atoms with E-state index >= 15 is 0 Å². The van der Waals surface area contributed by atoms with Crippen LogP contribution in [-0.2, 0) is 6.42 Å². The van der Waals surface area contributed by atoms with Crippen LogP contribution in [-0.4, -0.2) is 53.5 Å². The van der Waals surface area contributed by atoms with Crippen molar-refractivity contribution >= 4 is 11.6 Å². The third kappa shape index (κ3) is 10.5. The van der Waals surface area contributed by atoms with Crippen LogP contribution in [0.2, 0.25) is 0 Å². The molecule has 1 atom stereocenters. The molecule has 2 aromatic rings. The van der Waals surface area contributed by atoms with Gasteiger partial charge >= 0.3 is 0 Å². The van der Waals surface area contributed by atoms with Gasteiger partial charge in [-0.3, -0.25) is 4.79 Å². The van der Waals surface area contributed by atoms with E-state index in [0.29, 0.717) is 35.2 Å². The molecule has 0 fully saturated rings. The highest BCUT2D eigenvalue weighted by Crippen LogP contribution is 2.39. The number of benzene rings is 1. The monoisotopic (exact) mass is 531 g/mol. The number of hydrogen-bond donors (Lipinski definition) is 1. The number of unbranched alkanes of at least 4 members (excludes halogenated alkanes) is 11. The normalized spacial score (nSPS) is 11.8. The SMILES string of the molecule is CCCCCCCCCCCCc1nnn(C(=O)C(CCCCC)Nc2c(OC)cc(OC)cc2OC)n1. The second kappa shape index (κ2) is 18.4. The molecule has 0 spiro atoms. The Labute approximate surface area is 229 Å². The maximum atomic E-state index is 13.5. The number of nitrogens with one attached hydrogen (secondary N) is 1. The lowest BCUT2D eigenvalue weighted by Gasteiger charge is -2.22. The molecule has 0 bridgehead atoms. The van der Waals surface area contributed by atoms with Crippen molar-refractivity contribution in [1.82, 2.24) is 20.2 Å². The van der Waals surface area contributed by atoms with Gasteiger partial charge in [-0.2, -0.15) is 0 Å². The molecule has 0 aliphatic rings. The van der Waals surface area contributed by atoms with Gasteiger partial charge in [0.15, 0.2) is 5.82 Å². The van der Waals surface area contributed by atoms with Gasteiger partial charge in [0, 0.05) is 18.6 Å². The Morgan fingerprint density at radius 1 is 0.816 bits per heavy atom. The molecule has 0 aliphatic heterocycles. The van der Waals surface area contributed by atoms with Crippen molar-refractivity contribution in [1.29, 1.82) is 0 Å². The Bertz CT molecular complexity index is 908. The molecule has 0 radical (unpaired) electrons. The zero-order valence-electron chi connectivity index (χ0n) is 24.3. The van der Waals surface area contributed by atoms with Crippen molar-refractivity contribution in [3.05, 3.63) is 18.0 Å². The zero-order chi connectivity index (χ0) is 27.6. The highest BCUT2D eigenvalue weighted by atomic mass is 16.5. The summed E-state index contributed by atoms with van der Waals surface area (Å²) < 4.78 is 16.5. The largest absolute Gasteiger partial charge is 0.496 e. The minimum absolute atomic E-state index is 0.247. The highest BCUT2D eigenvalue weighted by molar-refractivity contribution is 5.86. The van der Waals surface area contributed by atoms with E-state index < -0.39 is 6.04 Å². The fraction of sp³-hybridized carbons (Fsp3) is 0.724. The first-order chi connectivity index (χ1) is 18.6. The number of carbonyl (C=O) groups is 1. The van der Waals surface area contributed by atoms with Gasteiger partial charge in [0.25, 0.3) is 5.91 Å². The molecule has 9 heteroatoms. The van der Waals surface area contributed by atoms with Crippen molar-refractivity contribution < 1.29 is 19.0 Å². The first-order valence-electron chi connectivity index (χ1n) is 14.5. The molecule has 1 unspecified atom stereocenters. The van der Waals surface area contributed by atoms with Crippen LogP contribution in [0.15, 0.2) is 12.1 Å². The maximum absolute atomic E-state index is 13.5. The molecule has 38 heavy (non-hydrogen) atoms. The number of aryl methyl sites for hydroxylation is 1. The summed E-state index contributed by atoms with van der Waals surface area (Å²) in [6.45, 7) is 4.39. The summed E-state index contributed by atoms with van der Waals surface area (Å²) in [6, 6.07) is 2.96. The fourth-order valence-electron chi connectivity index (χ4n) is 4.52. The van der Waals surface area contributed by atoms with Gasteiger partial charge in [-0.25, -0.2) is 0 Å². The maximum Gasteiger partial charge on any atom is 0.288 e. The lowest BCUT2D eigenvalue weighted by Crippen LogP contribution is -2.35. The molecule has 1 aromatic heterocycles. The van der Waals surface area contributed by atoms with Gasteiger partial charge in [-0.15, -0.1) is 10.2 Å². The zero-order valence-corrected chi connectivity index (χ0v) is 24.3. The fourth-order valence-corrected chi connectivity index (χ4v) is 4.52. The van der Waals surface area contributed by atoms with Crippen molar-refractivity contribution in [3.8, 4) is 17.2 Å². The number of nitrogens with zero attached hydrogens (tertiary/aromatic N) is 4. The third-order valence-corrected chi connectivity index (χ3v) is 6.83. The van der Waals surface area contributed by atoms with E-state index in [9.17, 15) is 4.79 Å². The first kappa shape index (κ1) is 31.4. The van der Waals surface area contributed by atoms with Gasteiger partial charge in [0.2, 0.25) is 0 Å². The third-order valence-electron chi connectivity index (χ3n) is 6.83. The summed E-state index contributed by atoms with van der Waals surface area (Å²) in [5.74, 6) is 2.03. The number of carbonyl (C=O) groups excluding carboxylic acids is 1. The van der Waals surface area contributed by atoms with E-state index in [1.54, 1.807) is 33.5 Å². The second-order valence-electron chi connectivity index (χ2n) is 9.86. The topological polar surface area (TPSA) is 100 Å². The lowest BCUT2D eigenvalue weighted by atomic mass is 10.1. The van der Waals surface area contributed by atoms with Crippen LogP contribution < -0.4 is 19.5 Å². The molecule has 1 N–H and O–H groups in total. The van der Waals surface area contributed by atoms with Crippen LogP contribution in [0, 0.1) is 0 Å². The van der Waals surface area contributed by atoms with Gasteiger partial charge < -0.3 is 19.5 Å². The molecule has 0 saturated heterocycles. The van der Waals surface area contributed by atoms with E-state index in [-0.39, 0.29) is 5.91 Å². The molecule has 2 rings (SSSR count). The van der Waals surface area contributed by atoms with Gasteiger partial charge in [-0.05, 0) is 18.1 Å². The molecule has 1 heterocycles. The van der Waals surface area contributed by atoms with E-state index in [1.165, 1.54) is 51.4 Å². The molecule has 0 aliphatic carbocycles. The molecule has 1 aromatic carbocycles. The van der Waals surface area contributed by atoms with E-state index in [1.807, 2.05) is 0 Å². The van der Waals surface area contributed by atoms with Crippen molar-refractivity contribution in [2.75, 3.05) is 26.6 Å². The summed E-state index contributed by atoms with van der Waals surface area (Å²) >= 11 is 0. The minimum Gasteiger partial charge on any atom is -0.496 e. The van der Waals surface area contributed by atoms with Crippen LogP contribution >= 0.6 is 0 Å². The summed E-state index contributed by atoms with van der Waals surface area (Å²) in [5.41, 5.74) is 0.594. The number of tetrazole rings is 1. The van der Waals surface area contributed by atoms with Gasteiger partial charge in [-0.1, -0.05) is 95.7 Å². The number of rotatable bonds is 21. The summed E-state index contributed by atoms with van der Waals surface area (Å²) in [6.07, 6.45) is 17.1. The molecule has 214 valence electrons. The Morgan fingerprint density at radius 3 is 1.92 bits per heavy atom. The Balaban J connectivity index is 1.96. The van der Waals surface area contributed by atoms with Crippen molar-refractivity contribution in [3.63, 3.8) is 0 Å². The Kier molecular flexibility index (Phi) is 15.2. The molecular formula is C29H49N5O4. The Morgan fingerprint density at radius 2 is 1.37 bits per heavy atom. The number of anilines is 1. The number of ether oxygens (including phenoxy) is 3. The number of hydrogen-bond acceptors (Lipinski definition) is 8. The van der Waals surface area contributed by atoms with Crippen LogP contribution in [0.1, 0.15) is 114 Å². The lowest BCUT2D eigenvalue weighted by molar-refractivity contribution is 0.0845. The molecular weight excluding hydrogens is 482 g/mol. The van der Waals surface area contributed by atoms with Gasteiger partial charge in [0.1, 0.15) is 29.0 Å². The number of aromatic nitrogens is 4. The van der Waals surface area contributed by atoms with Gasteiger partial charge in [0.05, 0.1) is 21.3 Å². The van der Waals surface area contributed by atoms with Crippen LogP contribution in [0.4, 0.5) is 5.69 Å². The minimum atomic E-state index is -0.558. The number of methoxy groups -OCH3 is 3. The van der Waals surface area contributed by atoms with E-state index in [4.69, 9.17) is 14.2 Å². The molecule has 9 nitrogen and oxygen atoms in total. The van der Waals surface area contributed by atoms with Crippen molar-refractivity contribution in [2.24, 2.45) is 0 Å². The van der Waals surface area contributed by atoms with Crippen LogP contribution in [0.5, 0.6) is 17.2 Å². The highest BCUT2D eigenvalue weighted by Gasteiger charge is 2.26. The quantitative estimate of drug-likeness (QED) is 0.174. The average molecular weight is 532 g/mol. The van der Waals surface area contributed by atoms with Crippen LogP contribution in [0.3, 0.4) is 0 Å². The summed E-state index contributed by atoms with van der Waals surface area (Å²) in [5, 5.41) is 16.0. The predicted molar refractivity (Wildman–Crippen MR) is 152 cm³/mol. The summed E-state index contributed by atoms with van der Waals surface area (Å²) in [7, 11) is 4.74. The Hall–Kier alpha value is -2.84. The molecule has 0 amide bonds. The summed E-state index contributed by atoms with van der Waals surface area (Å²) in [4.78, 5) is 14.6. The van der Waals surface area contributed by atoms with E-state index in [0.717, 1.165) is 43.3 Å². The first-order valence-corrected chi connectivity index (χ1v) is 14.5. The predicted octanol–water partition coefficient (Wildman–Crippen LogP) is 6.86. The van der Waals surface area contributed by atoms with Crippen molar-refractivity contribution in [2.45, 2.75) is 116 Å². The van der Waals surface area contributed by atoms with Crippen LogP contribution in [0.25, 0.3) is 0 Å². The molecule has 0 saturated carbocycles. The second-order valence-corrected chi connectivity index (χ2v) is 9.86. The standard InChI is InChI=1S/C29H49N5O4/c1-6-8-10-11-12-13-14-15-16-18-20-27-31-33-34(32-27)29(35)24(19-17-9-7-2)30-28-25(37-4)21-23(36-3)22-26(28)38-5/h21-22,24,30H,6-20H2,1-5H3. The van der Waals surface area contributed by atoms with E-state index in [2.05, 4.69) is 34.6 Å².